The summed E-state index contributed by atoms with van der Waals surface area (Å²) in [5.74, 6) is 0.761. The molecule has 3 N–H and O–H groups in total. The van der Waals surface area contributed by atoms with Gasteiger partial charge in [0.25, 0.3) is 0 Å². The van der Waals surface area contributed by atoms with E-state index in [-0.39, 0.29) is 12.2 Å². The summed E-state index contributed by atoms with van der Waals surface area (Å²) in [7, 11) is 0. The highest BCUT2D eigenvalue weighted by Gasteiger charge is 2.15. The predicted octanol–water partition coefficient (Wildman–Crippen LogP) is 3.58. The van der Waals surface area contributed by atoms with Gasteiger partial charge in [-0.1, -0.05) is 24.3 Å². The zero-order chi connectivity index (χ0) is 21.7. The number of hydrogen-bond acceptors (Lipinski definition) is 4. The molecular formula is C22H38N4O3. The molecule has 0 unspecified atom stereocenters. The van der Waals surface area contributed by atoms with E-state index < -0.39 is 5.60 Å². The van der Waals surface area contributed by atoms with Gasteiger partial charge >= 0.3 is 6.09 Å². The number of carbonyl (C=O) groups excluding carboxylic acids is 1. The fourth-order valence-corrected chi connectivity index (χ4v) is 2.32. The van der Waals surface area contributed by atoms with Crippen molar-refractivity contribution in [2.75, 3.05) is 19.6 Å². The Bertz CT molecular complexity index is 622. The van der Waals surface area contributed by atoms with Crippen molar-refractivity contribution < 1.29 is 14.3 Å². The Morgan fingerprint density at radius 1 is 1.03 bits per heavy atom. The van der Waals surface area contributed by atoms with Crippen LogP contribution in [0.15, 0.2) is 29.3 Å². The number of rotatable bonds is 10. The highest BCUT2D eigenvalue weighted by atomic mass is 16.6. The van der Waals surface area contributed by atoms with E-state index in [0.29, 0.717) is 26.2 Å². The number of carbonyl (C=O) groups is 1. The van der Waals surface area contributed by atoms with E-state index in [1.54, 1.807) is 0 Å². The molecule has 1 aromatic rings. The molecule has 164 valence electrons. The number of nitrogens with one attached hydrogen (secondary N) is 3. The van der Waals surface area contributed by atoms with E-state index >= 15 is 0 Å². The average Bonchev–Trinajstić information content (AvgIpc) is 2.63. The molecule has 0 aromatic heterocycles. The van der Waals surface area contributed by atoms with Crippen molar-refractivity contribution in [1.29, 1.82) is 0 Å². The van der Waals surface area contributed by atoms with Crippen LogP contribution in [0.25, 0.3) is 0 Å². The standard InChI is InChI=1S/C22H38N4O3/c1-7-23-20(24-13-8-14-25-21(27)29-22(4,5)6)26-15-18-9-11-19(12-10-18)16-28-17(2)3/h9-12,17H,7-8,13-16H2,1-6H3,(H,25,27)(H2,23,24,26). The van der Waals surface area contributed by atoms with E-state index in [1.807, 2.05) is 41.5 Å². The fourth-order valence-electron chi connectivity index (χ4n) is 2.32. The lowest BCUT2D eigenvalue weighted by molar-refractivity contribution is 0.0527. The summed E-state index contributed by atoms with van der Waals surface area (Å²) in [5, 5.41) is 9.27. The summed E-state index contributed by atoms with van der Waals surface area (Å²) < 4.78 is 10.8. The van der Waals surface area contributed by atoms with Crippen LogP contribution < -0.4 is 16.0 Å². The third-order valence-electron chi connectivity index (χ3n) is 3.68. The molecule has 29 heavy (non-hydrogen) atoms. The van der Waals surface area contributed by atoms with Gasteiger partial charge in [0.2, 0.25) is 0 Å². The van der Waals surface area contributed by atoms with Gasteiger partial charge in [-0.25, -0.2) is 9.79 Å². The highest BCUT2D eigenvalue weighted by molar-refractivity contribution is 5.79. The summed E-state index contributed by atoms with van der Waals surface area (Å²) in [6.45, 7) is 14.9. The van der Waals surface area contributed by atoms with Gasteiger partial charge < -0.3 is 25.4 Å². The SMILES string of the molecule is CCNC(=NCc1ccc(COC(C)C)cc1)NCCCNC(=O)OC(C)(C)C. The van der Waals surface area contributed by atoms with Crippen molar-refractivity contribution in [3.8, 4) is 0 Å². The summed E-state index contributed by atoms with van der Waals surface area (Å²) in [5.41, 5.74) is 1.82. The number of alkyl carbamates (subject to hydrolysis) is 1. The topological polar surface area (TPSA) is 84.0 Å². The monoisotopic (exact) mass is 406 g/mol. The minimum absolute atomic E-state index is 0.229. The number of ether oxygens (including phenoxy) is 2. The van der Waals surface area contributed by atoms with Crippen LogP contribution in [0.1, 0.15) is 59.1 Å². The molecule has 0 spiro atoms. The maximum Gasteiger partial charge on any atom is 0.407 e. The Balaban J connectivity index is 2.38. The van der Waals surface area contributed by atoms with Crippen LogP contribution in [-0.4, -0.2) is 43.4 Å². The van der Waals surface area contributed by atoms with Crippen molar-refractivity contribution in [2.24, 2.45) is 4.99 Å². The van der Waals surface area contributed by atoms with Gasteiger partial charge in [0, 0.05) is 19.6 Å². The van der Waals surface area contributed by atoms with E-state index in [4.69, 9.17) is 9.47 Å². The number of nitrogens with zero attached hydrogens (tertiary/aromatic N) is 1. The molecule has 1 aromatic carbocycles. The molecule has 0 fully saturated rings. The fraction of sp³-hybridized carbons (Fsp3) is 0.636. The van der Waals surface area contributed by atoms with Gasteiger partial charge in [0.15, 0.2) is 5.96 Å². The maximum atomic E-state index is 11.6. The first-order valence-corrected chi connectivity index (χ1v) is 10.4. The molecule has 0 aliphatic heterocycles. The number of amides is 1. The first kappa shape index (κ1) is 24.8. The van der Waals surface area contributed by atoms with E-state index in [9.17, 15) is 4.79 Å². The van der Waals surface area contributed by atoms with Crippen LogP contribution in [0.2, 0.25) is 0 Å². The Morgan fingerprint density at radius 2 is 1.66 bits per heavy atom. The van der Waals surface area contributed by atoms with Gasteiger partial charge in [0.1, 0.15) is 5.60 Å². The molecule has 0 saturated heterocycles. The third kappa shape index (κ3) is 12.7. The highest BCUT2D eigenvalue weighted by Crippen LogP contribution is 2.08. The third-order valence-corrected chi connectivity index (χ3v) is 3.68. The first-order chi connectivity index (χ1) is 13.7. The predicted molar refractivity (Wildman–Crippen MR) is 118 cm³/mol. The molecule has 0 atom stereocenters. The number of aliphatic imine (C=N–C) groups is 1. The van der Waals surface area contributed by atoms with E-state index in [0.717, 1.165) is 30.1 Å². The molecule has 7 heteroatoms. The Kier molecular flexibility index (Phi) is 11.1. The van der Waals surface area contributed by atoms with Crippen molar-refractivity contribution in [3.05, 3.63) is 35.4 Å². The van der Waals surface area contributed by atoms with Gasteiger partial charge in [-0.2, -0.15) is 0 Å². The Labute approximate surface area is 175 Å². The summed E-state index contributed by atoms with van der Waals surface area (Å²) in [6.07, 6.45) is 0.612. The number of benzene rings is 1. The molecule has 1 rings (SSSR count). The van der Waals surface area contributed by atoms with Crippen molar-refractivity contribution in [3.63, 3.8) is 0 Å². The molecule has 7 nitrogen and oxygen atoms in total. The average molecular weight is 407 g/mol. The zero-order valence-electron chi connectivity index (χ0n) is 18.8. The molecule has 0 aliphatic carbocycles. The molecule has 0 heterocycles. The lowest BCUT2D eigenvalue weighted by Gasteiger charge is -2.19. The maximum absolute atomic E-state index is 11.6. The normalized spacial score (nSPS) is 12.0. The second-order valence-electron chi connectivity index (χ2n) is 8.08. The van der Waals surface area contributed by atoms with Crippen LogP contribution in [0.4, 0.5) is 4.79 Å². The summed E-state index contributed by atoms with van der Waals surface area (Å²) in [6, 6.07) is 8.32. The first-order valence-electron chi connectivity index (χ1n) is 10.4. The van der Waals surface area contributed by atoms with Gasteiger partial charge in [-0.15, -0.1) is 0 Å². The largest absolute Gasteiger partial charge is 0.444 e. The number of guanidine groups is 1. The quantitative estimate of drug-likeness (QED) is 0.314. The second-order valence-corrected chi connectivity index (χ2v) is 8.08. The summed E-state index contributed by atoms with van der Waals surface area (Å²) >= 11 is 0. The molecule has 0 saturated carbocycles. The van der Waals surface area contributed by atoms with Crippen molar-refractivity contribution in [2.45, 2.75) is 72.8 Å². The van der Waals surface area contributed by atoms with Gasteiger partial charge in [0.05, 0.1) is 19.3 Å². The van der Waals surface area contributed by atoms with Crippen molar-refractivity contribution in [1.82, 2.24) is 16.0 Å². The minimum atomic E-state index is -0.479. The van der Waals surface area contributed by atoms with Crippen LogP contribution in [0, 0.1) is 0 Å². The van der Waals surface area contributed by atoms with Crippen LogP contribution in [0.3, 0.4) is 0 Å². The van der Waals surface area contributed by atoms with Crippen LogP contribution in [-0.2, 0) is 22.6 Å². The lowest BCUT2D eigenvalue weighted by atomic mass is 10.1. The van der Waals surface area contributed by atoms with Crippen LogP contribution >= 0.6 is 0 Å². The molecular weight excluding hydrogens is 368 g/mol. The zero-order valence-corrected chi connectivity index (χ0v) is 18.8. The van der Waals surface area contributed by atoms with E-state index in [2.05, 4.69) is 45.2 Å². The van der Waals surface area contributed by atoms with E-state index in [1.165, 1.54) is 0 Å². The minimum Gasteiger partial charge on any atom is -0.444 e. The summed E-state index contributed by atoms with van der Waals surface area (Å²) in [4.78, 5) is 16.2. The Hall–Kier alpha value is -2.28. The molecule has 0 bridgehead atoms. The van der Waals surface area contributed by atoms with Gasteiger partial charge in [-0.3, -0.25) is 0 Å². The molecule has 0 aliphatic rings. The second kappa shape index (κ2) is 13.0. The molecule has 1 amide bonds. The van der Waals surface area contributed by atoms with Crippen LogP contribution in [0.5, 0.6) is 0 Å². The van der Waals surface area contributed by atoms with Gasteiger partial charge in [-0.05, 0) is 59.1 Å². The lowest BCUT2D eigenvalue weighted by Crippen LogP contribution is -2.39. The Morgan fingerprint density at radius 3 is 2.24 bits per heavy atom. The molecule has 0 radical (unpaired) electrons. The number of hydrogen-bond donors (Lipinski definition) is 3. The van der Waals surface area contributed by atoms with Crippen molar-refractivity contribution >= 4 is 12.1 Å². The smallest absolute Gasteiger partial charge is 0.407 e.